The van der Waals surface area contributed by atoms with Crippen LogP contribution in [0.4, 0.5) is 11.5 Å². The molecule has 4 N–H and O–H groups in total. The summed E-state index contributed by atoms with van der Waals surface area (Å²) in [6.45, 7) is 0. The predicted molar refractivity (Wildman–Crippen MR) is 45.0 cm³/mol. The number of anilines is 2. The molecule has 3 nitrogen and oxygen atoms in total. The number of aromatic nitrogens is 1. The summed E-state index contributed by atoms with van der Waals surface area (Å²) < 4.78 is 0. The Kier molecular flexibility index (Phi) is 1.24. The van der Waals surface area contributed by atoms with Gasteiger partial charge in [-0.05, 0) is 18.9 Å². The molecule has 1 aromatic rings. The minimum absolute atomic E-state index is 0.534. The van der Waals surface area contributed by atoms with E-state index in [1.165, 1.54) is 12.8 Å². The van der Waals surface area contributed by atoms with Crippen molar-refractivity contribution in [3.63, 3.8) is 0 Å². The third-order valence-corrected chi connectivity index (χ3v) is 1.88. The molecule has 0 atom stereocenters. The third kappa shape index (κ3) is 1.27. The van der Waals surface area contributed by atoms with Crippen molar-refractivity contribution in [1.29, 1.82) is 0 Å². The van der Waals surface area contributed by atoms with Crippen LogP contribution < -0.4 is 11.5 Å². The highest BCUT2D eigenvalue weighted by Crippen LogP contribution is 2.39. The first kappa shape index (κ1) is 6.46. The zero-order chi connectivity index (χ0) is 7.84. The predicted octanol–water partition coefficient (Wildman–Crippen LogP) is 1.12. The average Bonchev–Trinajstić information content (AvgIpc) is 2.64. The number of nitrogen functional groups attached to an aromatic ring is 2. The van der Waals surface area contributed by atoms with Crippen LogP contribution in [0.3, 0.4) is 0 Å². The largest absolute Gasteiger partial charge is 0.399 e. The molecule has 1 heterocycles. The fraction of sp³-hybridized carbons (Fsp3) is 0.375. The highest BCUT2D eigenvalue weighted by atomic mass is 14.9. The van der Waals surface area contributed by atoms with E-state index in [1.807, 2.05) is 6.07 Å². The summed E-state index contributed by atoms with van der Waals surface area (Å²) in [6, 6.07) is 3.60. The summed E-state index contributed by atoms with van der Waals surface area (Å²) in [7, 11) is 0. The molecular formula is C8H11N3. The van der Waals surface area contributed by atoms with E-state index in [0.29, 0.717) is 11.7 Å². The molecular weight excluding hydrogens is 138 g/mol. The Labute approximate surface area is 65.4 Å². The Morgan fingerprint density at radius 1 is 1.27 bits per heavy atom. The van der Waals surface area contributed by atoms with E-state index in [1.54, 1.807) is 6.07 Å². The number of rotatable bonds is 1. The molecule has 0 amide bonds. The second-order valence-corrected chi connectivity index (χ2v) is 3.02. The van der Waals surface area contributed by atoms with Gasteiger partial charge in [-0.15, -0.1) is 0 Å². The van der Waals surface area contributed by atoms with Crippen molar-refractivity contribution < 1.29 is 0 Å². The standard InChI is InChI=1S/C8H11N3/c9-6-3-7(5-1-2-5)11-8(10)4-6/h3-5H,1-2H2,(H4,9,10,11). The summed E-state index contributed by atoms with van der Waals surface area (Å²) in [5, 5.41) is 0. The van der Waals surface area contributed by atoms with Gasteiger partial charge in [0.1, 0.15) is 5.82 Å². The molecule has 0 aliphatic heterocycles. The van der Waals surface area contributed by atoms with Crippen molar-refractivity contribution in [3.8, 4) is 0 Å². The van der Waals surface area contributed by atoms with Crippen LogP contribution in [0.25, 0.3) is 0 Å². The fourth-order valence-corrected chi connectivity index (χ4v) is 1.19. The van der Waals surface area contributed by atoms with Crippen molar-refractivity contribution in [2.24, 2.45) is 0 Å². The molecule has 1 saturated carbocycles. The van der Waals surface area contributed by atoms with Gasteiger partial charge in [0.15, 0.2) is 0 Å². The Hall–Kier alpha value is -1.25. The van der Waals surface area contributed by atoms with E-state index >= 15 is 0 Å². The lowest BCUT2D eigenvalue weighted by Gasteiger charge is -2.00. The van der Waals surface area contributed by atoms with Gasteiger partial charge >= 0.3 is 0 Å². The maximum atomic E-state index is 5.60. The van der Waals surface area contributed by atoms with Gasteiger partial charge in [0, 0.05) is 23.4 Å². The quantitative estimate of drug-likeness (QED) is 0.629. The number of pyridine rings is 1. The highest BCUT2D eigenvalue weighted by Gasteiger charge is 2.25. The topological polar surface area (TPSA) is 64.9 Å². The van der Waals surface area contributed by atoms with E-state index in [-0.39, 0.29) is 0 Å². The monoisotopic (exact) mass is 149 g/mol. The van der Waals surface area contributed by atoms with E-state index in [2.05, 4.69) is 4.98 Å². The van der Waals surface area contributed by atoms with E-state index < -0.39 is 0 Å². The lowest BCUT2D eigenvalue weighted by Crippen LogP contribution is -1.97. The molecule has 1 aromatic heterocycles. The van der Waals surface area contributed by atoms with Crippen LogP contribution >= 0.6 is 0 Å². The Morgan fingerprint density at radius 3 is 2.55 bits per heavy atom. The van der Waals surface area contributed by atoms with Crippen LogP contribution in [-0.2, 0) is 0 Å². The molecule has 3 heteroatoms. The van der Waals surface area contributed by atoms with Crippen molar-refractivity contribution in [1.82, 2.24) is 4.98 Å². The van der Waals surface area contributed by atoms with Gasteiger partial charge in [-0.2, -0.15) is 0 Å². The molecule has 1 aliphatic carbocycles. The van der Waals surface area contributed by atoms with Crippen LogP contribution in [-0.4, -0.2) is 4.98 Å². The van der Waals surface area contributed by atoms with Gasteiger partial charge in [-0.3, -0.25) is 0 Å². The van der Waals surface area contributed by atoms with Gasteiger partial charge in [0.25, 0.3) is 0 Å². The van der Waals surface area contributed by atoms with Gasteiger partial charge in [0.05, 0.1) is 0 Å². The Bertz CT molecular complexity index is 258. The van der Waals surface area contributed by atoms with Crippen LogP contribution in [0, 0.1) is 0 Å². The minimum Gasteiger partial charge on any atom is -0.399 e. The first-order valence-electron chi connectivity index (χ1n) is 3.78. The first-order valence-corrected chi connectivity index (χ1v) is 3.78. The van der Waals surface area contributed by atoms with Crippen LogP contribution in [0.2, 0.25) is 0 Å². The number of hydrogen-bond donors (Lipinski definition) is 2. The van der Waals surface area contributed by atoms with E-state index in [0.717, 1.165) is 11.4 Å². The third-order valence-electron chi connectivity index (χ3n) is 1.88. The summed E-state index contributed by atoms with van der Waals surface area (Å²) in [5.74, 6) is 1.16. The molecule has 1 fully saturated rings. The second kappa shape index (κ2) is 2.12. The molecule has 1 aliphatic rings. The maximum Gasteiger partial charge on any atom is 0.125 e. The Morgan fingerprint density at radius 2 is 2.00 bits per heavy atom. The highest BCUT2D eigenvalue weighted by molar-refractivity contribution is 5.49. The number of nitrogens with zero attached hydrogens (tertiary/aromatic N) is 1. The average molecular weight is 149 g/mol. The van der Waals surface area contributed by atoms with E-state index in [4.69, 9.17) is 11.5 Å². The van der Waals surface area contributed by atoms with Gasteiger partial charge < -0.3 is 11.5 Å². The van der Waals surface area contributed by atoms with Gasteiger partial charge in [-0.25, -0.2) is 4.98 Å². The molecule has 0 radical (unpaired) electrons. The lowest BCUT2D eigenvalue weighted by molar-refractivity contribution is 1.03. The fourth-order valence-electron chi connectivity index (χ4n) is 1.19. The summed E-state index contributed by atoms with van der Waals surface area (Å²) in [6.07, 6.45) is 2.46. The molecule has 58 valence electrons. The smallest absolute Gasteiger partial charge is 0.125 e. The van der Waals surface area contributed by atoms with E-state index in [9.17, 15) is 0 Å². The minimum atomic E-state index is 0.534. The number of hydrogen-bond acceptors (Lipinski definition) is 3. The van der Waals surface area contributed by atoms with Gasteiger partial charge in [-0.1, -0.05) is 0 Å². The van der Waals surface area contributed by atoms with Crippen molar-refractivity contribution >= 4 is 11.5 Å². The normalized spacial score (nSPS) is 16.7. The van der Waals surface area contributed by atoms with Crippen LogP contribution in [0.15, 0.2) is 12.1 Å². The molecule has 0 saturated heterocycles. The summed E-state index contributed by atoms with van der Waals surface area (Å²) in [4.78, 5) is 4.19. The SMILES string of the molecule is Nc1cc(N)nc(C2CC2)c1. The summed E-state index contributed by atoms with van der Waals surface area (Å²) >= 11 is 0. The molecule has 0 spiro atoms. The second-order valence-electron chi connectivity index (χ2n) is 3.02. The van der Waals surface area contributed by atoms with Gasteiger partial charge in [0.2, 0.25) is 0 Å². The van der Waals surface area contributed by atoms with Crippen LogP contribution in [0.5, 0.6) is 0 Å². The molecule has 0 aromatic carbocycles. The molecule has 0 bridgehead atoms. The van der Waals surface area contributed by atoms with Crippen molar-refractivity contribution in [3.05, 3.63) is 17.8 Å². The van der Waals surface area contributed by atoms with Crippen molar-refractivity contribution in [2.75, 3.05) is 11.5 Å². The first-order chi connectivity index (χ1) is 5.25. The van der Waals surface area contributed by atoms with Crippen LogP contribution in [0.1, 0.15) is 24.5 Å². The zero-order valence-electron chi connectivity index (χ0n) is 6.25. The van der Waals surface area contributed by atoms with Crippen molar-refractivity contribution in [2.45, 2.75) is 18.8 Å². The maximum absolute atomic E-state index is 5.60. The molecule has 2 rings (SSSR count). The molecule has 0 unspecified atom stereocenters. The number of nitrogens with two attached hydrogens (primary N) is 2. The lowest BCUT2D eigenvalue weighted by atomic mass is 10.2. The zero-order valence-corrected chi connectivity index (χ0v) is 6.25. The molecule has 11 heavy (non-hydrogen) atoms. The Balaban J connectivity index is 2.39. The summed E-state index contributed by atoms with van der Waals surface area (Å²) in [5.41, 5.74) is 12.9.